The van der Waals surface area contributed by atoms with Crippen molar-refractivity contribution in [2.45, 2.75) is 6.42 Å². The predicted molar refractivity (Wildman–Crippen MR) is 99.7 cm³/mol. The predicted octanol–water partition coefficient (Wildman–Crippen LogP) is 4.13. The molecule has 1 N–H and O–H groups in total. The van der Waals surface area contributed by atoms with Crippen LogP contribution in [0.1, 0.15) is 15.9 Å². The van der Waals surface area contributed by atoms with E-state index in [0.29, 0.717) is 18.7 Å². The van der Waals surface area contributed by atoms with E-state index in [0.717, 1.165) is 11.8 Å². The molecule has 0 aliphatic carbocycles. The molecule has 0 radical (unpaired) electrons. The molecule has 144 valence electrons. The van der Waals surface area contributed by atoms with E-state index >= 15 is 0 Å². The maximum atomic E-state index is 13.8. The minimum atomic E-state index is -1.26. The third-order valence-electron chi connectivity index (χ3n) is 4.00. The fourth-order valence-electron chi connectivity index (χ4n) is 2.60. The molecule has 0 saturated carbocycles. The minimum Gasteiger partial charge on any atom is -0.496 e. The van der Waals surface area contributed by atoms with Gasteiger partial charge in [-0.2, -0.15) is 8.78 Å². The minimum absolute atomic E-state index is 0.165. The Morgan fingerprint density at radius 1 is 1.07 bits per heavy atom. The first-order chi connectivity index (χ1) is 13.6. The van der Waals surface area contributed by atoms with E-state index in [1.807, 2.05) is 30.3 Å². The topological polar surface area (TPSA) is 60.5 Å². The van der Waals surface area contributed by atoms with E-state index in [4.69, 9.17) is 9.47 Å². The lowest BCUT2D eigenvalue weighted by Crippen LogP contribution is -2.26. The largest absolute Gasteiger partial charge is 0.496 e. The van der Waals surface area contributed by atoms with Crippen LogP contribution >= 0.6 is 0 Å². The molecular weight excluding hydrogens is 366 g/mol. The third-order valence-corrected chi connectivity index (χ3v) is 4.00. The lowest BCUT2D eigenvalue weighted by atomic mass is 10.1. The molecule has 0 atom stereocenters. The van der Waals surface area contributed by atoms with Crippen LogP contribution in [0.5, 0.6) is 17.2 Å². The molecule has 1 amide bonds. The lowest BCUT2D eigenvalue weighted by Gasteiger charge is -2.12. The first kappa shape index (κ1) is 19.3. The molecule has 0 bridgehead atoms. The summed E-state index contributed by atoms with van der Waals surface area (Å²) >= 11 is 0. The van der Waals surface area contributed by atoms with Crippen molar-refractivity contribution in [3.8, 4) is 17.2 Å². The summed E-state index contributed by atoms with van der Waals surface area (Å²) in [6, 6.07) is 15.4. The number of pyridine rings is 1. The Balaban J connectivity index is 1.73. The second-order valence-electron chi connectivity index (χ2n) is 5.87. The Bertz CT molecular complexity index is 965. The number of nitrogens with one attached hydrogen (secondary N) is 1. The molecule has 0 saturated heterocycles. The summed E-state index contributed by atoms with van der Waals surface area (Å²) in [5, 5.41) is 2.82. The van der Waals surface area contributed by atoms with E-state index in [2.05, 4.69) is 10.3 Å². The van der Waals surface area contributed by atoms with Gasteiger partial charge in [0.15, 0.2) is 5.75 Å². The highest BCUT2D eigenvalue weighted by Gasteiger charge is 2.16. The molecule has 0 fully saturated rings. The number of hydrogen-bond acceptors (Lipinski definition) is 4. The van der Waals surface area contributed by atoms with Crippen molar-refractivity contribution in [3.05, 3.63) is 83.7 Å². The van der Waals surface area contributed by atoms with Crippen LogP contribution in [0, 0.1) is 11.8 Å². The van der Waals surface area contributed by atoms with Crippen LogP contribution in [0.2, 0.25) is 0 Å². The van der Waals surface area contributed by atoms with E-state index in [-0.39, 0.29) is 23.0 Å². The third kappa shape index (κ3) is 4.62. The van der Waals surface area contributed by atoms with Crippen LogP contribution in [-0.2, 0) is 6.42 Å². The van der Waals surface area contributed by atoms with Crippen molar-refractivity contribution in [1.82, 2.24) is 10.3 Å². The number of ether oxygens (including phenoxy) is 2. The number of methoxy groups -OCH3 is 1. The summed E-state index contributed by atoms with van der Waals surface area (Å²) in [5.41, 5.74) is 1.32. The molecule has 3 aromatic rings. The Kier molecular flexibility index (Phi) is 6.16. The van der Waals surface area contributed by atoms with Crippen LogP contribution in [0.3, 0.4) is 0 Å². The van der Waals surface area contributed by atoms with E-state index in [9.17, 15) is 13.6 Å². The fraction of sp³-hybridized carbons (Fsp3) is 0.143. The van der Waals surface area contributed by atoms with Crippen LogP contribution in [0.15, 0.2) is 60.8 Å². The number of rotatable bonds is 7. The first-order valence-corrected chi connectivity index (χ1v) is 8.56. The number of carbonyl (C=O) groups is 1. The highest BCUT2D eigenvalue weighted by atomic mass is 19.2. The summed E-state index contributed by atoms with van der Waals surface area (Å²) in [7, 11) is 1.44. The Morgan fingerprint density at radius 3 is 2.61 bits per heavy atom. The molecule has 1 heterocycles. The van der Waals surface area contributed by atoms with Gasteiger partial charge in [-0.25, -0.2) is 4.98 Å². The van der Waals surface area contributed by atoms with Gasteiger partial charge in [-0.05, 0) is 30.2 Å². The van der Waals surface area contributed by atoms with E-state index in [1.54, 1.807) is 0 Å². The molecule has 28 heavy (non-hydrogen) atoms. The summed E-state index contributed by atoms with van der Waals surface area (Å²) in [4.78, 5) is 15.8. The number of halogens is 2. The zero-order valence-corrected chi connectivity index (χ0v) is 15.1. The highest BCUT2D eigenvalue weighted by molar-refractivity contribution is 5.97. The molecule has 7 heteroatoms. The summed E-state index contributed by atoms with van der Waals surface area (Å²) in [6.07, 6.45) is 1.76. The standard InChI is InChI=1S/C21H18F2N2O3/c1-27-17-8-7-15(28-18-10-12-24-20(23)19(18)22)13-16(17)21(26)25-11-9-14-5-3-2-4-6-14/h2-8,10,12-13H,9,11H2,1H3,(H,25,26). The monoisotopic (exact) mass is 384 g/mol. The van der Waals surface area contributed by atoms with Gasteiger partial charge in [0.2, 0.25) is 5.82 Å². The SMILES string of the molecule is COc1ccc(Oc2ccnc(F)c2F)cc1C(=O)NCCc1ccccc1. The van der Waals surface area contributed by atoms with Crippen molar-refractivity contribution >= 4 is 5.91 Å². The smallest absolute Gasteiger partial charge is 0.255 e. The van der Waals surface area contributed by atoms with Gasteiger partial charge in [-0.1, -0.05) is 30.3 Å². The van der Waals surface area contributed by atoms with Gasteiger partial charge in [0.25, 0.3) is 11.9 Å². The molecule has 0 spiro atoms. The van der Waals surface area contributed by atoms with Crippen LogP contribution in [0.25, 0.3) is 0 Å². The van der Waals surface area contributed by atoms with E-state index < -0.39 is 11.8 Å². The Labute approximate surface area is 160 Å². The number of benzene rings is 2. The van der Waals surface area contributed by atoms with Crippen LogP contribution < -0.4 is 14.8 Å². The molecule has 5 nitrogen and oxygen atoms in total. The van der Waals surface area contributed by atoms with Gasteiger partial charge >= 0.3 is 0 Å². The quantitative estimate of drug-likeness (QED) is 0.622. The zero-order chi connectivity index (χ0) is 19.9. The van der Waals surface area contributed by atoms with Crippen molar-refractivity contribution in [2.75, 3.05) is 13.7 Å². The Hall–Kier alpha value is -3.48. The average Bonchev–Trinajstić information content (AvgIpc) is 2.72. The van der Waals surface area contributed by atoms with Gasteiger partial charge in [0, 0.05) is 18.8 Å². The second kappa shape index (κ2) is 8.94. The number of hydrogen-bond donors (Lipinski definition) is 1. The first-order valence-electron chi connectivity index (χ1n) is 8.56. The maximum absolute atomic E-state index is 13.8. The van der Waals surface area contributed by atoms with Crippen molar-refractivity contribution < 1.29 is 23.0 Å². The summed E-state index contributed by atoms with van der Waals surface area (Å²) in [6.45, 7) is 0.432. The van der Waals surface area contributed by atoms with Crippen LogP contribution in [0.4, 0.5) is 8.78 Å². The fourth-order valence-corrected chi connectivity index (χ4v) is 2.60. The molecule has 2 aromatic carbocycles. The maximum Gasteiger partial charge on any atom is 0.255 e. The van der Waals surface area contributed by atoms with Crippen molar-refractivity contribution in [2.24, 2.45) is 0 Å². The van der Waals surface area contributed by atoms with E-state index in [1.165, 1.54) is 31.4 Å². The lowest BCUT2D eigenvalue weighted by molar-refractivity contribution is 0.0950. The molecule has 0 unspecified atom stereocenters. The van der Waals surface area contributed by atoms with Gasteiger partial charge in [-0.15, -0.1) is 0 Å². The summed E-state index contributed by atoms with van der Waals surface area (Å²) < 4.78 is 37.6. The van der Waals surface area contributed by atoms with Gasteiger partial charge < -0.3 is 14.8 Å². The van der Waals surface area contributed by atoms with Crippen molar-refractivity contribution in [3.63, 3.8) is 0 Å². The molecule has 0 aliphatic heterocycles. The van der Waals surface area contributed by atoms with Crippen LogP contribution in [-0.4, -0.2) is 24.5 Å². The second-order valence-corrected chi connectivity index (χ2v) is 5.87. The van der Waals surface area contributed by atoms with Crippen molar-refractivity contribution in [1.29, 1.82) is 0 Å². The number of aromatic nitrogens is 1. The highest BCUT2D eigenvalue weighted by Crippen LogP contribution is 2.29. The number of nitrogens with zero attached hydrogens (tertiary/aromatic N) is 1. The molecular formula is C21H18F2N2O3. The molecule has 1 aromatic heterocycles. The average molecular weight is 384 g/mol. The van der Waals surface area contributed by atoms with Gasteiger partial charge in [0.05, 0.1) is 12.7 Å². The molecule has 3 rings (SSSR count). The number of carbonyl (C=O) groups excluding carboxylic acids is 1. The van der Waals surface area contributed by atoms with Gasteiger partial charge in [-0.3, -0.25) is 4.79 Å². The van der Waals surface area contributed by atoms with Gasteiger partial charge in [0.1, 0.15) is 11.5 Å². The zero-order valence-electron chi connectivity index (χ0n) is 15.1. The normalized spacial score (nSPS) is 10.4. The summed E-state index contributed by atoms with van der Waals surface area (Å²) in [5.74, 6) is -2.64. The Morgan fingerprint density at radius 2 is 1.86 bits per heavy atom. The molecule has 0 aliphatic rings. The number of amides is 1.